The summed E-state index contributed by atoms with van der Waals surface area (Å²) in [5.74, 6) is -1.98. The number of aliphatic hydroxyl groups excluding tert-OH is 2. The summed E-state index contributed by atoms with van der Waals surface area (Å²) >= 11 is 1.38. The molecule has 2 aliphatic heterocycles. The van der Waals surface area contributed by atoms with Gasteiger partial charge in [-0.15, -0.1) is 11.3 Å². The van der Waals surface area contributed by atoms with Crippen LogP contribution in [-0.4, -0.2) is 62.9 Å². The molecule has 2 fully saturated rings. The summed E-state index contributed by atoms with van der Waals surface area (Å²) in [5, 5.41) is 24.3. The molecule has 224 valence electrons. The summed E-state index contributed by atoms with van der Waals surface area (Å²) in [5.41, 5.74) is -0.162. The minimum Gasteiger partial charge on any atom is -0.458 e. The Morgan fingerprint density at radius 2 is 1.95 bits per heavy atom. The van der Waals surface area contributed by atoms with Crippen LogP contribution in [0.5, 0.6) is 0 Å². The topological polar surface area (TPSA) is 136 Å². The van der Waals surface area contributed by atoms with Gasteiger partial charge in [0, 0.05) is 24.1 Å². The number of hydrogen-bond acceptors (Lipinski definition) is 10. The predicted molar refractivity (Wildman–Crippen MR) is 151 cm³/mol. The number of ketones is 1. The van der Waals surface area contributed by atoms with Gasteiger partial charge in [-0.3, -0.25) is 14.4 Å². The number of ether oxygens (including phenoxy) is 3. The molecule has 0 spiro atoms. The maximum Gasteiger partial charge on any atom is 0.309 e. The maximum absolute atomic E-state index is 13.3. The third-order valence-corrected chi connectivity index (χ3v) is 9.35. The first-order valence-electron chi connectivity index (χ1n) is 14.2. The van der Waals surface area contributed by atoms with Crippen LogP contribution in [0, 0.1) is 17.3 Å². The molecule has 0 radical (unpaired) electrons. The molecule has 0 aromatic carbocycles. The summed E-state index contributed by atoms with van der Waals surface area (Å²) in [6.45, 7) is 12.6. The van der Waals surface area contributed by atoms with Crippen LogP contribution >= 0.6 is 11.3 Å². The second-order valence-electron chi connectivity index (χ2n) is 12.2. The Hall–Kier alpha value is -2.14. The van der Waals surface area contributed by atoms with Crippen LogP contribution in [0.25, 0.3) is 6.08 Å². The normalized spacial score (nSPS) is 34.1. The number of rotatable bonds is 5. The minimum atomic E-state index is -1.27. The molecule has 7 atom stereocenters. The molecule has 2 aliphatic rings. The highest BCUT2D eigenvalue weighted by atomic mass is 32.1. The lowest BCUT2D eigenvalue weighted by Gasteiger charge is -2.34. The van der Waals surface area contributed by atoms with Gasteiger partial charge in [-0.25, -0.2) is 4.98 Å². The van der Waals surface area contributed by atoms with E-state index in [4.69, 9.17) is 14.2 Å². The van der Waals surface area contributed by atoms with Crippen LogP contribution < -0.4 is 0 Å². The third kappa shape index (κ3) is 7.99. The number of Topliss-reactive ketones (excluding diaryl/α,β-unsaturated/α-hetero) is 1. The Morgan fingerprint density at radius 1 is 1.25 bits per heavy atom. The van der Waals surface area contributed by atoms with Crippen molar-refractivity contribution in [1.82, 2.24) is 4.98 Å². The summed E-state index contributed by atoms with van der Waals surface area (Å²) in [7, 11) is 0. The molecule has 3 heterocycles. The van der Waals surface area contributed by atoms with Crippen molar-refractivity contribution in [1.29, 1.82) is 0 Å². The highest BCUT2D eigenvalue weighted by Crippen LogP contribution is 2.45. The second kappa shape index (κ2) is 13.2. The Morgan fingerprint density at radius 3 is 2.62 bits per heavy atom. The number of nitrogens with zero attached hydrogens (tertiary/aromatic N) is 1. The van der Waals surface area contributed by atoms with E-state index in [2.05, 4.69) is 4.98 Å². The van der Waals surface area contributed by atoms with E-state index in [0.29, 0.717) is 23.5 Å². The fourth-order valence-electron chi connectivity index (χ4n) is 5.32. The molecule has 2 N–H and O–H groups in total. The molecule has 7 unspecified atom stereocenters. The molecule has 10 heteroatoms. The zero-order valence-corrected chi connectivity index (χ0v) is 25.6. The van der Waals surface area contributed by atoms with Crippen molar-refractivity contribution in [3.8, 4) is 0 Å². The van der Waals surface area contributed by atoms with Gasteiger partial charge in [0.05, 0.1) is 41.4 Å². The molecular formula is C30H45NO8S. The van der Waals surface area contributed by atoms with Crippen molar-refractivity contribution in [2.45, 2.75) is 124 Å². The number of aliphatic hydroxyl groups is 2. The van der Waals surface area contributed by atoms with E-state index in [-0.39, 0.29) is 42.4 Å². The molecule has 1 aromatic rings. The lowest BCUT2D eigenvalue weighted by atomic mass is 9.73. The lowest BCUT2D eigenvalue weighted by molar-refractivity contribution is -0.154. The van der Waals surface area contributed by atoms with Crippen LogP contribution in [0.4, 0.5) is 0 Å². The second-order valence-corrected chi connectivity index (χ2v) is 13.1. The number of cyclic esters (lactones) is 1. The summed E-state index contributed by atoms with van der Waals surface area (Å²) in [6, 6.07) is 0. The van der Waals surface area contributed by atoms with E-state index in [0.717, 1.165) is 24.8 Å². The number of thiazole rings is 1. The molecule has 0 saturated carbocycles. The van der Waals surface area contributed by atoms with Crippen molar-refractivity contribution in [2.75, 3.05) is 0 Å². The van der Waals surface area contributed by atoms with Crippen molar-refractivity contribution >= 4 is 35.1 Å². The summed E-state index contributed by atoms with van der Waals surface area (Å²) in [4.78, 5) is 42.3. The number of carbonyl (C=O) groups is 3. The first-order valence-corrected chi connectivity index (χ1v) is 15.1. The Labute approximate surface area is 241 Å². The molecule has 1 aromatic heterocycles. The number of hydrogen-bond donors (Lipinski definition) is 2. The summed E-state index contributed by atoms with van der Waals surface area (Å²) < 4.78 is 17.1. The van der Waals surface area contributed by atoms with Crippen LogP contribution in [-0.2, 0) is 35.2 Å². The van der Waals surface area contributed by atoms with E-state index < -0.39 is 35.6 Å². The highest BCUT2D eigenvalue weighted by molar-refractivity contribution is 7.09. The molecule has 0 amide bonds. The molecule has 3 rings (SSSR count). The monoisotopic (exact) mass is 579 g/mol. The lowest BCUT2D eigenvalue weighted by Crippen LogP contribution is -2.45. The Balaban J connectivity index is 1.81. The Bertz CT molecular complexity index is 1100. The largest absolute Gasteiger partial charge is 0.458 e. The van der Waals surface area contributed by atoms with Crippen LogP contribution in [0.15, 0.2) is 11.0 Å². The molecule has 0 aliphatic carbocycles. The number of aromatic nitrogens is 1. The van der Waals surface area contributed by atoms with E-state index >= 15 is 0 Å². The predicted octanol–water partition coefficient (Wildman–Crippen LogP) is 4.62. The van der Waals surface area contributed by atoms with Gasteiger partial charge in [0.2, 0.25) is 0 Å². The van der Waals surface area contributed by atoms with Crippen LogP contribution in [0.2, 0.25) is 0 Å². The molecular weight excluding hydrogens is 534 g/mol. The molecule has 2 saturated heterocycles. The van der Waals surface area contributed by atoms with Gasteiger partial charge in [0.25, 0.3) is 0 Å². The highest BCUT2D eigenvalue weighted by Gasteiger charge is 2.53. The van der Waals surface area contributed by atoms with E-state index in [1.54, 1.807) is 27.7 Å². The summed E-state index contributed by atoms with van der Waals surface area (Å²) in [6.07, 6.45) is 1.75. The molecule has 0 bridgehead atoms. The van der Waals surface area contributed by atoms with E-state index in [1.807, 2.05) is 32.2 Å². The minimum absolute atomic E-state index is 0.100. The molecule has 40 heavy (non-hydrogen) atoms. The number of epoxide rings is 1. The zero-order valence-electron chi connectivity index (χ0n) is 24.8. The average molecular weight is 580 g/mol. The maximum atomic E-state index is 13.3. The van der Waals surface area contributed by atoms with Gasteiger partial charge in [0.15, 0.2) is 0 Å². The first-order chi connectivity index (χ1) is 18.7. The zero-order chi connectivity index (χ0) is 29.8. The molecule has 9 nitrogen and oxygen atoms in total. The third-order valence-electron chi connectivity index (χ3n) is 8.51. The fraction of sp³-hybridized carbons (Fsp3) is 0.733. The average Bonchev–Trinajstić information content (AvgIpc) is 3.31. The van der Waals surface area contributed by atoms with Gasteiger partial charge in [0.1, 0.15) is 23.5 Å². The van der Waals surface area contributed by atoms with Gasteiger partial charge >= 0.3 is 11.9 Å². The quantitative estimate of drug-likeness (QED) is 0.378. The number of fused-ring (bicyclic) bond motifs is 1. The number of esters is 2. The van der Waals surface area contributed by atoms with Crippen molar-refractivity contribution < 1.29 is 38.8 Å². The standard InChI is InChI=1S/C30H45NO8S/c1-8-25(33)37-15-24-31-20(16-40-24)12-18(3)21-13-23-30(7,39-23)11-9-10-17(2)27(35)19(4)28(36)29(5,6)22(32)14-26(34)38-21/h12,16-17,19,21-23,27,32,35H,8-11,13-15H2,1-7H3. The van der Waals surface area contributed by atoms with Gasteiger partial charge in [-0.2, -0.15) is 0 Å². The van der Waals surface area contributed by atoms with E-state index in [9.17, 15) is 24.6 Å². The van der Waals surface area contributed by atoms with E-state index in [1.165, 1.54) is 11.3 Å². The smallest absolute Gasteiger partial charge is 0.309 e. The van der Waals surface area contributed by atoms with Crippen molar-refractivity contribution in [3.05, 3.63) is 21.7 Å². The van der Waals surface area contributed by atoms with Gasteiger partial charge in [-0.1, -0.05) is 41.0 Å². The first kappa shape index (κ1) is 32.4. The van der Waals surface area contributed by atoms with Crippen molar-refractivity contribution in [3.63, 3.8) is 0 Å². The van der Waals surface area contributed by atoms with Gasteiger partial charge < -0.3 is 24.4 Å². The van der Waals surface area contributed by atoms with Crippen LogP contribution in [0.1, 0.15) is 97.7 Å². The fourth-order valence-corrected chi connectivity index (χ4v) is 5.98. The Kier molecular flexibility index (Phi) is 10.7. The van der Waals surface area contributed by atoms with Crippen molar-refractivity contribution in [2.24, 2.45) is 17.3 Å². The van der Waals surface area contributed by atoms with Gasteiger partial charge in [-0.05, 0) is 44.3 Å². The SMILES string of the molecule is CCC(=O)OCc1nc(C=C(C)C2CC3OC3(C)CCCC(C)C(O)C(C)C(=O)C(C)(C)C(O)CC(=O)O2)cs1. The van der Waals surface area contributed by atoms with Crippen LogP contribution in [0.3, 0.4) is 0 Å². The number of carbonyl (C=O) groups excluding carboxylic acids is 3.